The first kappa shape index (κ1) is 19.0. The Balaban J connectivity index is 2.13. The number of benzene rings is 2. The molecule has 1 aliphatic heterocycles. The van der Waals surface area contributed by atoms with E-state index in [0.717, 1.165) is 5.56 Å². The van der Waals surface area contributed by atoms with Gasteiger partial charge in [0.1, 0.15) is 5.75 Å². The van der Waals surface area contributed by atoms with Crippen molar-refractivity contribution in [1.82, 2.24) is 5.32 Å². The van der Waals surface area contributed by atoms with Crippen LogP contribution in [0.25, 0.3) is 0 Å². The molecule has 138 valence electrons. The highest BCUT2D eigenvalue weighted by Crippen LogP contribution is 2.42. The first-order chi connectivity index (χ1) is 12.5. The van der Waals surface area contributed by atoms with Crippen LogP contribution in [-0.4, -0.2) is 37.9 Å². The van der Waals surface area contributed by atoms with E-state index in [1.807, 2.05) is 6.07 Å². The number of carbonyl (C=O) groups is 1. The standard InChI is InChI=1S/C19H19Cl2NO4/c1-25-16-4-2-3-12(19(23)24)17(16)13-10-22-7-8-26-18(13)11-5-6-14(20)15(21)9-11/h2-6,9,13,18,22H,7-8,10H2,1H3,(H,23,24). The number of carboxylic acids is 1. The van der Waals surface area contributed by atoms with E-state index >= 15 is 0 Å². The number of hydrogen-bond acceptors (Lipinski definition) is 4. The van der Waals surface area contributed by atoms with E-state index < -0.39 is 5.97 Å². The van der Waals surface area contributed by atoms with Crippen LogP contribution in [0.1, 0.15) is 33.5 Å². The lowest BCUT2D eigenvalue weighted by Crippen LogP contribution is -2.25. The average molecular weight is 396 g/mol. The van der Waals surface area contributed by atoms with Gasteiger partial charge in [-0.2, -0.15) is 0 Å². The Morgan fingerprint density at radius 3 is 2.77 bits per heavy atom. The van der Waals surface area contributed by atoms with E-state index in [9.17, 15) is 9.90 Å². The van der Waals surface area contributed by atoms with Crippen molar-refractivity contribution in [2.75, 3.05) is 26.8 Å². The summed E-state index contributed by atoms with van der Waals surface area (Å²) >= 11 is 12.2. The molecule has 1 aliphatic rings. The van der Waals surface area contributed by atoms with Crippen molar-refractivity contribution in [1.29, 1.82) is 0 Å². The van der Waals surface area contributed by atoms with Gasteiger partial charge >= 0.3 is 5.97 Å². The second kappa shape index (κ2) is 8.27. The molecule has 0 radical (unpaired) electrons. The lowest BCUT2D eigenvalue weighted by molar-refractivity contribution is 0.0501. The van der Waals surface area contributed by atoms with E-state index in [4.69, 9.17) is 32.7 Å². The van der Waals surface area contributed by atoms with Crippen molar-refractivity contribution in [2.45, 2.75) is 12.0 Å². The summed E-state index contributed by atoms with van der Waals surface area (Å²) in [5.41, 5.74) is 1.65. The number of aromatic carboxylic acids is 1. The van der Waals surface area contributed by atoms with Crippen LogP contribution < -0.4 is 10.1 Å². The number of methoxy groups -OCH3 is 1. The fourth-order valence-electron chi connectivity index (χ4n) is 3.30. The molecule has 3 rings (SSSR count). The highest BCUT2D eigenvalue weighted by molar-refractivity contribution is 6.42. The van der Waals surface area contributed by atoms with Crippen LogP contribution in [-0.2, 0) is 4.74 Å². The topological polar surface area (TPSA) is 67.8 Å². The molecule has 0 saturated carbocycles. The minimum atomic E-state index is -1.00. The number of hydrogen-bond donors (Lipinski definition) is 2. The summed E-state index contributed by atoms with van der Waals surface area (Å²) in [4.78, 5) is 11.8. The third kappa shape index (κ3) is 3.81. The fraction of sp³-hybridized carbons (Fsp3) is 0.316. The number of ether oxygens (including phenoxy) is 2. The highest BCUT2D eigenvalue weighted by atomic mass is 35.5. The molecule has 1 saturated heterocycles. The van der Waals surface area contributed by atoms with Crippen molar-refractivity contribution in [3.63, 3.8) is 0 Å². The molecule has 2 aromatic rings. The van der Waals surface area contributed by atoms with E-state index in [0.29, 0.717) is 41.1 Å². The maximum Gasteiger partial charge on any atom is 0.336 e. The quantitative estimate of drug-likeness (QED) is 0.813. The van der Waals surface area contributed by atoms with Gasteiger partial charge in [0.05, 0.1) is 35.4 Å². The van der Waals surface area contributed by atoms with Crippen LogP contribution in [0.3, 0.4) is 0 Å². The summed E-state index contributed by atoms with van der Waals surface area (Å²) < 4.78 is 11.5. The van der Waals surface area contributed by atoms with Gasteiger partial charge in [0, 0.05) is 24.6 Å². The first-order valence-corrected chi connectivity index (χ1v) is 8.96. The Labute approximate surface area is 161 Å². The second-order valence-corrected chi connectivity index (χ2v) is 6.82. The SMILES string of the molecule is COc1cccc(C(=O)O)c1C1CNCCOC1c1ccc(Cl)c(Cl)c1. The normalized spacial score (nSPS) is 20.4. The van der Waals surface area contributed by atoms with E-state index in [1.54, 1.807) is 30.3 Å². The van der Waals surface area contributed by atoms with Crippen LogP contribution in [0.5, 0.6) is 5.75 Å². The van der Waals surface area contributed by atoms with Gasteiger partial charge in [-0.15, -0.1) is 0 Å². The molecule has 2 atom stereocenters. The van der Waals surface area contributed by atoms with E-state index in [-0.39, 0.29) is 17.6 Å². The number of nitrogens with one attached hydrogen (secondary N) is 1. The Morgan fingerprint density at radius 2 is 2.08 bits per heavy atom. The Kier molecular flexibility index (Phi) is 6.04. The summed E-state index contributed by atoms with van der Waals surface area (Å²) in [7, 11) is 1.53. The van der Waals surface area contributed by atoms with E-state index in [2.05, 4.69) is 5.32 Å². The molecule has 0 bridgehead atoms. The van der Waals surface area contributed by atoms with Crippen LogP contribution in [0.4, 0.5) is 0 Å². The van der Waals surface area contributed by atoms with Crippen molar-refractivity contribution in [2.24, 2.45) is 0 Å². The Hall–Kier alpha value is -1.79. The third-order valence-corrected chi connectivity index (χ3v) is 5.20. The zero-order chi connectivity index (χ0) is 18.7. The smallest absolute Gasteiger partial charge is 0.336 e. The predicted molar refractivity (Wildman–Crippen MR) is 101 cm³/mol. The van der Waals surface area contributed by atoms with Crippen LogP contribution >= 0.6 is 23.2 Å². The monoisotopic (exact) mass is 395 g/mol. The molecule has 0 aliphatic carbocycles. The maximum absolute atomic E-state index is 11.8. The zero-order valence-corrected chi connectivity index (χ0v) is 15.7. The molecule has 7 heteroatoms. The van der Waals surface area contributed by atoms with Gasteiger partial charge in [-0.3, -0.25) is 0 Å². The molecule has 2 unspecified atom stereocenters. The molecule has 0 aromatic heterocycles. The van der Waals surface area contributed by atoms with Crippen molar-refractivity contribution in [3.8, 4) is 5.75 Å². The molecule has 2 N–H and O–H groups in total. The average Bonchev–Trinajstić information content (AvgIpc) is 2.89. The fourth-order valence-corrected chi connectivity index (χ4v) is 3.61. The van der Waals surface area contributed by atoms with Gasteiger partial charge in [0.25, 0.3) is 0 Å². The molecular formula is C19H19Cl2NO4. The van der Waals surface area contributed by atoms with Gasteiger partial charge in [-0.25, -0.2) is 4.79 Å². The van der Waals surface area contributed by atoms with Gasteiger partial charge in [0.15, 0.2) is 0 Å². The van der Waals surface area contributed by atoms with Gasteiger partial charge in [-0.1, -0.05) is 35.3 Å². The summed E-state index contributed by atoms with van der Waals surface area (Å²) in [5, 5.41) is 13.9. The molecule has 1 heterocycles. The largest absolute Gasteiger partial charge is 0.496 e. The first-order valence-electron chi connectivity index (χ1n) is 8.20. The van der Waals surface area contributed by atoms with Gasteiger partial charge in [-0.05, 0) is 29.8 Å². The Morgan fingerprint density at radius 1 is 1.27 bits per heavy atom. The predicted octanol–water partition coefficient (Wildman–Crippen LogP) is 4.14. The molecule has 26 heavy (non-hydrogen) atoms. The molecule has 5 nitrogen and oxygen atoms in total. The minimum Gasteiger partial charge on any atom is -0.496 e. The number of carboxylic acid groups (broad SMARTS) is 1. The Bertz CT molecular complexity index is 812. The molecular weight excluding hydrogens is 377 g/mol. The molecule has 1 fully saturated rings. The summed E-state index contributed by atoms with van der Waals surface area (Å²) in [6.07, 6.45) is -0.380. The third-order valence-electron chi connectivity index (χ3n) is 4.47. The van der Waals surface area contributed by atoms with Gasteiger partial charge in [0.2, 0.25) is 0 Å². The van der Waals surface area contributed by atoms with Gasteiger partial charge < -0.3 is 19.9 Å². The molecule has 2 aromatic carbocycles. The van der Waals surface area contributed by atoms with Crippen LogP contribution in [0.15, 0.2) is 36.4 Å². The summed E-state index contributed by atoms with van der Waals surface area (Å²) in [5.74, 6) is -0.750. The maximum atomic E-state index is 11.8. The van der Waals surface area contributed by atoms with Crippen LogP contribution in [0, 0.1) is 0 Å². The van der Waals surface area contributed by atoms with Crippen molar-refractivity contribution >= 4 is 29.2 Å². The van der Waals surface area contributed by atoms with E-state index in [1.165, 1.54) is 7.11 Å². The van der Waals surface area contributed by atoms with Crippen LogP contribution in [0.2, 0.25) is 10.0 Å². The number of rotatable bonds is 4. The number of halogens is 2. The van der Waals surface area contributed by atoms with Crippen molar-refractivity contribution in [3.05, 3.63) is 63.1 Å². The lowest BCUT2D eigenvalue weighted by Gasteiger charge is -2.28. The molecule has 0 spiro atoms. The minimum absolute atomic E-state index is 0.201. The second-order valence-electron chi connectivity index (χ2n) is 6.00. The zero-order valence-electron chi connectivity index (χ0n) is 14.2. The lowest BCUT2D eigenvalue weighted by atomic mass is 9.85. The molecule has 0 amide bonds. The highest BCUT2D eigenvalue weighted by Gasteiger charge is 2.33. The summed E-state index contributed by atoms with van der Waals surface area (Å²) in [6, 6.07) is 10.4. The summed E-state index contributed by atoms with van der Waals surface area (Å²) in [6.45, 7) is 1.72. The van der Waals surface area contributed by atoms with Crippen molar-refractivity contribution < 1.29 is 19.4 Å².